The molecule has 1 aromatic heterocycles. The van der Waals surface area contributed by atoms with E-state index in [1.165, 1.54) is 40.6 Å². The van der Waals surface area contributed by atoms with Gasteiger partial charge in [-0.25, -0.2) is 9.98 Å². The number of hydrogen-bond acceptors (Lipinski definition) is 5. The van der Waals surface area contributed by atoms with Gasteiger partial charge in [0.25, 0.3) is 0 Å². The van der Waals surface area contributed by atoms with E-state index in [2.05, 4.69) is 57.7 Å². The summed E-state index contributed by atoms with van der Waals surface area (Å²) in [6.45, 7) is 2.05. The van der Waals surface area contributed by atoms with Gasteiger partial charge >= 0.3 is 0 Å². The van der Waals surface area contributed by atoms with Gasteiger partial charge in [0, 0.05) is 24.9 Å². The van der Waals surface area contributed by atoms with Gasteiger partial charge in [-0.2, -0.15) is 0 Å². The molecule has 5 rings (SSSR count). The lowest BCUT2D eigenvalue weighted by molar-refractivity contribution is 0.440. The third-order valence-corrected chi connectivity index (χ3v) is 7.28. The third-order valence-electron chi connectivity index (χ3n) is 5.15. The van der Waals surface area contributed by atoms with Crippen LogP contribution in [-0.4, -0.2) is 39.9 Å². The van der Waals surface area contributed by atoms with Crippen molar-refractivity contribution in [1.29, 1.82) is 0 Å². The number of nitrogens with zero attached hydrogens (tertiary/aromatic N) is 3. The number of anilines is 1. The number of amidine groups is 1. The van der Waals surface area contributed by atoms with E-state index < -0.39 is 0 Å². The molecule has 0 spiro atoms. The zero-order chi connectivity index (χ0) is 18.1. The largest absolute Gasteiger partial charge is 0.361 e. The van der Waals surface area contributed by atoms with E-state index in [1.54, 1.807) is 11.3 Å². The standard InChI is InChI=1S/C21H22N4S2/c1-2-9-19-18(8-1)24-20(27-19)22-11-10-15-5-3-6-16(13-15)23-21-25-12-4-7-17(25)14-26-21/h1-3,5-6,8-9,13,17H,4,7,10-12,14H2,(H,22,24)/t17-/m0/s1. The number of aliphatic imine (C=N–C) groups is 1. The molecule has 3 aromatic rings. The summed E-state index contributed by atoms with van der Waals surface area (Å²) in [5, 5.41) is 5.67. The lowest BCUT2D eigenvalue weighted by Gasteiger charge is -2.16. The fourth-order valence-electron chi connectivity index (χ4n) is 3.76. The van der Waals surface area contributed by atoms with Crippen molar-refractivity contribution in [1.82, 2.24) is 9.88 Å². The molecule has 2 saturated heterocycles. The van der Waals surface area contributed by atoms with Crippen molar-refractivity contribution in [3.05, 3.63) is 54.1 Å². The van der Waals surface area contributed by atoms with Crippen LogP contribution in [0, 0.1) is 0 Å². The van der Waals surface area contributed by atoms with Crippen molar-refractivity contribution in [3.63, 3.8) is 0 Å². The Bertz CT molecular complexity index is 948. The van der Waals surface area contributed by atoms with Crippen LogP contribution in [0.15, 0.2) is 53.5 Å². The summed E-state index contributed by atoms with van der Waals surface area (Å²) < 4.78 is 1.23. The summed E-state index contributed by atoms with van der Waals surface area (Å²) in [7, 11) is 0. The fraction of sp³-hybridized carbons (Fsp3) is 0.333. The molecule has 0 amide bonds. The summed E-state index contributed by atoms with van der Waals surface area (Å²) in [5.41, 5.74) is 3.45. The molecule has 2 fully saturated rings. The Hall–Kier alpha value is -2.05. The maximum absolute atomic E-state index is 4.93. The molecule has 6 heteroatoms. The maximum atomic E-state index is 4.93. The molecule has 2 aliphatic rings. The average molecular weight is 395 g/mol. The van der Waals surface area contributed by atoms with E-state index in [-0.39, 0.29) is 0 Å². The first-order chi connectivity index (χ1) is 13.3. The summed E-state index contributed by atoms with van der Waals surface area (Å²) in [6, 6.07) is 17.6. The van der Waals surface area contributed by atoms with Gasteiger partial charge < -0.3 is 10.2 Å². The SMILES string of the molecule is c1cc(CCNc2nc3ccccc3s2)cc(N=C2SC[C@@H]3CCCN23)c1. The van der Waals surface area contributed by atoms with Crippen LogP contribution in [0.4, 0.5) is 10.8 Å². The smallest absolute Gasteiger partial charge is 0.183 e. The minimum atomic E-state index is 0.718. The van der Waals surface area contributed by atoms with Crippen LogP contribution in [0.2, 0.25) is 0 Å². The predicted octanol–water partition coefficient (Wildman–Crippen LogP) is 5.15. The second-order valence-electron chi connectivity index (χ2n) is 7.03. The number of fused-ring (bicyclic) bond motifs is 2. The van der Waals surface area contributed by atoms with Gasteiger partial charge in [-0.3, -0.25) is 0 Å². The molecular weight excluding hydrogens is 372 g/mol. The van der Waals surface area contributed by atoms with Gasteiger partial charge in [-0.05, 0) is 49.1 Å². The van der Waals surface area contributed by atoms with Crippen molar-refractivity contribution in [3.8, 4) is 0 Å². The third kappa shape index (κ3) is 3.69. The number of hydrogen-bond donors (Lipinski definition) is 1. The molecule has 1 N–H and O–H groups in total. The molecule has 2 aromatic carbocycles. The second-order valence-corrected chi connectivity index (χ2v) is 9.05. The van der Waals surface area contributed by atoms with Crippen LogP contribution in [0.25, 0.3) is 10.2 Å². The van der Waals surface area contributed by atoms with Gasteiger partial charge in [-0.15, -0.1) is 0 Å². The molecule has 3 heterocycles. The molecule has 0 aliphatic carbocycles. The summed E-state index contributed by atoms with van der Waals surface area (Å²) in [6.07, 6.45) is 3.60. The zero-order valence-corrected chi connectivity index (χ0v) is 16.7. The maximum Gasteiger partial charge on any atom is 0.183 e. The summed E-state index contributed by atoms with van der Waals surface area (Å²) >= 11 is 3.62. The zero-order valence-electron chi connectivity index (χ0n) is 15.1. The van der Waals surface area contributed by atoms with Gasteiger partial charge in [0.15, 0.2) is 10.3 Å². The first kappa shape index (κ1) is 17.1. The van der Waals surface area contributed by atoms with Gasteiger partial charge in [0.05, 0.1) is 15.9 Å². The van der Waals surface area contributed by atoms with Gasteiger partial charge in [0.1, 0.15) is 0 Å². The van der Waals surface area contributed by atoms with Crippen molar-refractivity contribution in [2.24, 2.45) is 4.99 Å². The number of benzene rings is 2. The molecule has 0 unspecified atom stereocenters. The number of para-hydroxylation sites is 1. The predicted molar refractivity (Wildman–Crippen MR) is 118 cm³/mol. The van der Waals surface area contributed by atoms with Crippen molar-refractivity contribution in [2.75, 3.05) is 24.2 Å². The number of aromatic nitrogens is 1. The number of rotatable bonds is 5. The van der Waals surface area contributed by atoms with E-state index in [9.17, 15) is 0 Å². The molecular formula is C21H22N4S2. The fourth-order valence-corrected chi connectivity index (χ4v) is 5.92. The van der Waals surface area contributed by atoms with E-state index >= 15 is 0 Å². The Kier molecular flexibility index (Phi) is 4.76. The first-order valence-electron chi connectivity index (χ1n) is 9.52. The van der Waals surface area contributed by atoms with E-state index in [4.69, 9.17) is 4.99 Å². The quantitative estimate of drug-likeness (QED) is 0.650. The minimum absolute atomic E-state index is 0.718. The first-order valence-corrected chi connectivity index (χ1v) is 11.3. The van der Waals surface area contributed by atoms with E-state index in [0.29, 0.717) is 0 Å². The minimum Gasteiger partial charge on any atom is -0.361 e. The highest BCUT2D eigenvalue weighted by atomic mass is 32.2. The highest BCUT2D eigenvalue weighted by Gasteiger charge is 2.33. The number of thiazole rings is 1. The van der Waals surface area contributed by atoms with Crippen LogP contribution in [0.1, 0.15) is 18.4 Å². The van der Waals surface area contributed by atoms with Crippen molar-refractivity contribution < 1.29 is 0 Å². The Morgan fingerprint density at radius 3 is 3.11 bits per heavy atom. The Labute approximate surface area is 167 Å². The molecule has 138 valence electrons. The normalized spacial score (nSPS) is 20.5. The Balaban J connectivity index is 1.23. The number of nitrogens with one attached hydrogen (secondary N) is 1. The molecule has 2 aliphatic heterocycles. The Morgan fingerprint density at radius 2 is 2.15 bits per heavy atom. The van der Waals surface area contributed by atoms with Crippen LogP contribution >= 0.6 is 23.1 Å². The molecule has 27 heavy (non-hydrogen) atoms. The summed E-state index contributed by atoms with van der Waals surface area (Å²) in [4.78, 5) is 12.1. The van der Waals surface area contributed by atoms with Crippen LogP contribution in [0.3, 0.4) is 0 Å². The van der Waals surface area contributed by atoms with E-state index in [0.717, 1.165) is 35.3 Å². The highest BCUT2D eigenvalue weighted by Crippen LogP contribution is 2.33. The van der Waals surface area contributed by atoms with Gasteiger partial charge in [-0.1, -0.05) is 47.4 Å². The molecule has 0 saturated carbocycles. The lowest BCUT2D eigenvalue weighted by atomic mass is 10.1. The summed E-state index contributed by atoms with van der Waals surface area (Å²) in [5.74, 6) is 1.20. The van der Waals surface area contributed by atoms with Crippen molar-refractivity contribution >= 4 is 49.3 Å². The van der Waals surface area contributed by atoms with Gasteiger partial charge in [0.2, 0.25) is 0 Å². The molecule has 4 nitrogen and oxygen atoms in total. The van der Waals surface area contributed by atoms with Crippen LogP contribution in [-0.2, 0) is 6.42 Å². The second kappa shape index (κ2) is 7.52. The average Bonchev–Trinajstić information content (AvgIpc) is 3.39. The number of thioether (sulfide) groups is 1. The van der Waals surface area contributed by atoms with Crippen LogP contribution in [0.5, 0.6) is 0 Å². The lowest BCUT2D eigenvalue weighted by Crippen LogP contribution is -2.27. The monoisotopic (exact) mass is 394 g/mol. The highest BCUT2D eigenvalue weighted by molar-refractivity contribution is 8.14. The Morgan fingerprint density at radius 1 is 1.19 bits per heavy atom. The van der Waals surface area contributed by atoms with E-state index in [1.807, 2.05) is 17.8 Å². The molecule has 0 radical (unpaired) electrons. The van der Waals surface area contributed by atoms with Crippen molar-refractivity contribution in [2.45, 2.75) is 25.3 Å². The molecule has 0 bridgehead atoms. The molecule has 1 atom stereocenters. The topological polar surface area (TPSA) is 40.5 Å². The van der Waals surface area contributed by atoms with Crippen LogP contribution < -0.4 is 5.32 Å².